The molecule has 0 radical (unpaired) electrons. The van der Waals surface area contributed by atoms with Gasteiger partial charge in [-0.25, -0.2) is 8.42 Å². The summed E-state index contributed by atoms with van der Waals surface area (Å²) < 4.78 is 34.3. The highest BCUT2D eigenvalue weighted by Gasteiger charge is 2.30. The van der Waals surface area contributed by atoms with Gasteiger partial charge in [0.1, 0.15) is 5.75 Å². The quantitative estimate of drug-likeness (QED) is 0.592. The van der Waals surface area contributed by atoms with Crippen molar-refractivity contribution in [2.24, 2.45) is 0 Å². The van der Waals surface area contributed by atoms with Crippen molar-refractivity contribution in [2.45, 2.75) is 11.3 Å². The summed E-state index contributed by atoms with van der Waals surface area (Å²) >= 11 is 0. The number of amides is 1. The van der Waals surface area contributed by atoms with Crippen LogP contribution < -0.4 is 4.74 Å². The summed E-state index contributed by atoms with van der Waals surface area (Å²) in [6, 6.07) is 18.2. The molecule has 1 amide bonds. The molecule has 3 aromatic rings. The van der Waals surface area contributed by atoms with E-state index in [1.54, 1.807) is 29.2 Å². The van der Waals surface area contributed by atoms with Crippen LogP contribution >= 0.6 is 0 Å². The summed E-state index contributed by atoms with van der Waals surface area (Å²) in [4.78, 5) is 14.7. The highest BCUT2D eigenvalue weighted by Crippen LogP contribution is 2.21. The van der Waals surface area contributed by atoms with E-state index >= 15 is 0 Å². The topological polar surface area (TPSA) is 71.9 Å². The van der Waals surface area contributed by atoms with Gasteiger partial charge in [-0.2, -0.15) is 4.31 Å². The molecular weight excluding hydrogens is 414 g/mol. The number of methoxy groups -OCH3 is 1. The summed E-state index contributed by atoms with van der Waals surface area (Å²) in [6.07, 6.45) is 4.25. The molecule has 0 spiro atoms. The normalized spacial score (nSPS) is 15.1. The van der Waals surface area contributed by atoms with E-state index in [1.807, 2.05) is 53.4 Å². The van der Waals surface area contributed by atoms with Crippen molar-refractivity contribution >= 4 is 15.9 Å². The Morgan fingerprint density at radius 2 is 1.52 bits per heavy atom. The van der Waals surface area contributed by atoms with Crippen molar-refractivity contribution in [3.63, 3.8) is 0 Å². The predicted molar refractivity (Wildman–Crippen MR) is 118 cm³/mol. The molecule has 1 saturated heterocycles. The number of hydrogen-bond acceptors (Lipinski definition) is 4. The van der Waals surface area contributed by atoms with Crippen molar-refractivity contribution in [2.75, 3.05) is 33.3 Å². The Morgan fingerprint density at radius 1 is 0.903 bits per heavy atom. The third-order valence-corrected chi connectivity index (χ3v) is 7.40. The first-order chi connectivity index (χ1) is 15.0. The third kappa shape index (κ3) is 4.65. The van der Waals surface area contributed by atoms with Crippen LogP contribution in [-0.4, -0.2) is 61.4 Å². The smallest absolute Gasteiger partial charge is 0.243 e. The van der Waals surface area contributed by atoms with Gasteiger partial charge in [0.2, 0.25) is 15.9 Å². The van der Waals surface area contributed by atoms with Gasteiger partial charge in [0.25, 0.3) is 0 Å². The number of piperazine rings is 1. The van der Waals surface area contributed by atoms with Crippen molar-refractivity contribution < 1.29 is 17.9 Å². The number of rotatable bonds is 6. The number of benzene rings is 2. The van der Waals surface area contributed by atoms with E-state index in [1.165, 1.54) is 11.4 Å². The van der Waals surface area contributed by atoms with Gasteiger partial charge in [-0.1, -0.05) is 12.1 Å². The first kappa shape index (κ1) is 21.1. The van der Waals surface area contributed by atoms with Crippen LogP contribution in [0, 0.1) is 0 Å². The highest BCUT2D eigenvalue weighted by molar-refractivity contribution is 7.89. The highest BCUT2D eigenvalue weighted by atomic mass is 32.2. The monoisotopic (exact) mass is 439 g/mol. The molecule has 1 aliphatic heterocycles. The largest absolute Gasteiger partial charge is 0.497 e. The molecule has 31 heavy (non-hydrogen) atoms. The molecule has 162 valence electrons. The van der Waals surface area contributed by atoms with Crippen LogP contribution in [0.15, 0.2) is 78.0 Å². The molecule has 1 aliphatic rings. The molecule has 1 aromatic heterocycles. The average molecular weight is 440 g/mol. The molecule has 0 unspecified atom stereocenters. The molecule has 4 rings (SSSR count). The summed E-state index contributed by atoms with van der Waals surface area (Å²) in [6.45, 7) is 1.34. The first-order valence-corrected chi connectivity index (χ1v) is 11.6. The van der Waals surface area contributed by atoms with Gasteiger partial charge >= 0.3 is 0 Å². The number of nitrogens with zero attached hydrogens (tertiary/aromatic N) is 3. The van der Waals surface area contributed by atoms with Gasteiger partial charge in [-0.05, 0) is 54.1 Å². The lowest BCUT2D eigenvalue weighted by Gasteiger charge is -2.34. The van der Waals surface area contributed by atoms with Crippen LogP contribution in [0.4, 0.5) is 0 Å². The zero-order chi connectivity index (χ0) is 21.8. The molecule has 0 N–H and O–H groups in total. The van der Waals surface area contributed by atoms with Gasteiger partial charge in [-0.3, -0.25) is 4.79 Å². The maximum Gasteiger partial charge on any atom is 0.243 e. The van der Waals surface area contributed by atoms with Gasteiger partial charge in [0.15, 0.2) is 0 Å². The predicted octanol–water partition coefficient (Wildman–Crippen LogP) is 2.56. The molecule has 0 aliphatic carbocycles. The number of carbonyl (C=O) groups is 1. The molecule has 0 bridgehead atoms. The Kier molecular flexibility index (Phi) is 6.11. The van der Waals surface area contributed by atoms with Crippen LogP contribution in [0.2, 0.25) is 0 Å². The van der Waals surface area contributed by atoms with E-state index < -0.39 is 10.0 Å². The Balaban J connectivity index is 1.34. The molecule has 7 nitrogen and oxygen atoms in total. The fourth-order valence-electron chi connectivity index (χ4n) is 3.65. The maximum absolute atomic E-state index is 12.9. The number of hydrogen-bond donors (Lipinski definition) is 0. The second-order valence-electron chi connectivity index (χ2n) is 7.39. The Hall–Kier alpha value is -3.10. The molecule has 0 saturated carbocycles. The minimum absolute atomic E-state index is 0.00945. The van der Waals surface area contributed by atoms with Gasteiger partial charge < -0.3 is 14.2 Å². The molecule has 0 atom stereocenters. The van der Waals surface area contributed by atoms with E-state index in [-0.39, 0.29) is 23.9 Å². The van der Waals surface area contributed by atoms with Crippen LogP contribution in [0.3, 0.4) is 0 Å². The SMILES string of the molecule is COc1ccc(S(=O)(=O)N2CCN(C(=O)Cc3ccc(-n4cccc4)cc3)CC2)cc1. The molecular formula is C23H25N3O4S. The van der Waals surface area contributed by atoms with Gasteiger partial charge in [0, 0.05) is 44.3 Å². The number of sulfonamides is 1. The first-order valence-electron chi connectivity index (χ1n) is 10.1. The Bertz CT molecular complexity index is 1120. The van der Waals surface area contributed by atoms with Crippen molar-refractivity contribution in [1.29, 1.82) is 0 Å². The minimum atomic E-state index is -3.58. The lowest BCUT2D eigenvalue weighted by Crippen LogP contribution is -2.50. The van der Waals surface area contributed by atoms with Crippen molar-refractivity contribution in [1.82, 2.24) is 13.8 Å². The lowest BCUT2D eigenvalue weighted by molar-refractivity contribution is -0.131. The lowest BCUT2D eigenvalue weighted by atomic mass is 10.1. The van der Waals surface area contributed by atoms with Crippen LogP contribution in [-0.2, 0) is 21.2 Å². The zero-order valence-electron chi connectivity index (χ0n) is 17.3. The van der Waals surface area contributed by atoms with Crippen LogP contribution in [0.5, 0.6) is 5.75 Å². The summed E-state index contributed by atoms with van der Waals surface area (Å²) in [5, 5.41) is 0. The molecule has 2 aromatic carbocycles. The Labute approximate surface area is 182 Å². The van der Waals surface area contributed by atoms with Crippen LogP contribution in [0.25, 0.3) is 5.69 Å². The van der Waals surface area contributed by atoms with Gasteiger partial charge in [0.05, 0.1) is 18.4 Å². The Morgan fingerprint density at radius 3 is 2.10 bits per heavy atom. The standard InChI is InChI=1S/C23H25N3O4S/c1-30-21-8-10-22(11-9-21)31(28,29)26-16-14-25(15-17-26)23(27)18-19-4-6-20(7-5-19)24-12-2-3-13-24/h2-13H,14-18H2,1H3. The van der Waals surface area contributed by atoms with E-state index in [4.69, 9.17) is 4.74 Å². The third-order valence-electron chi connectivity index (χ3n) is 5.48. The van der Waals surface area contributed by atoms with Crippen LogP contribution in [0.1, 0.15) is 5.56 Å². The number of carbonyl (C=O) groups excluding carboxylic acids is 1. The molecule has 1 fully saturated rings. The summed E-state index contributed by atoms with van der Waals surface area (Å²) in [7, 11) is -2.05. The van der Waals surface area contributed by atoms with Crippen molar-refractivity contribution in [3.05, 3.63) is 78.6 Å². The fourth-order valence-corrected chi connectivity index (χ4v) is 5.08. The summed E-state index contributed by atoms with van der Waals surface area (Å²) in [5.74, 6) is 0.617. The fraction of sp³-hybridized carbons (Fsp3) is 0.261. The number of aromatic nitrogens is 1. The van der Waals surface area contributed by atoms with E-state index in [2.05, 4.69) is 0 Å². The van der Waals surface area contributed by atoms with Crippen molar-refractivity contribution in [3.8, 4) is 11.4 Å². The maximum atomic E-state index is 12.9. The van der Waals surface area contributed by atoms with E-state index in [9.17, 15) is 13.2 Å². The minimum Gasteiger partial charge on any atom is -0.497 e. The van der Waals surface area contributed by atoms with Gasteiger partial charge in [-0.15, -0.1) is 0 Å². The number of ether oxygens (including phenoxy) is 1. The zero-order valence-corrected chi connectivity index (χ0v) is 18.2. The molecule has 2 heterocycles. The second-order valence-corrected chi connectivity index (χ2v) is 9.33. The summed E-state index contributed by atoms with van der Waals surface area (Å²) in [5.41, 5.74) is 1.98. The van der Waals surface area contributed by atoms with E-state index in [0.717, 1.165) is 11.3 Å². The van der Waals surface area contributed by atoms with E-state index in [0.29, 0.717) is 25.3 Å². The average Bonchev–Trinajstić information content (AvgIpc) is 3.35. The molecule has 8 heteroatoms. The second kappa shape index (κ2) is 8.95.